The minimum absolute atomic E-state index is 0.0728. The van der Waals surface area contributed by atoms with Crippen molar-refractivity contribution in [2.45, 2.75) is 6.42 Å². The zero-order chi connectivity index (χ0) is 28.6. The molecule has 41 heavy (non-hydrogen) atoms. The van der Waals surface area contributed by atoms with Crippen LogP contribution in [0.15, 0.2) is 60.9 Å². The van der Waals surface area contributed by atoms with Crippen molar-refractivity contribution >= 4 is 51.4 Å². The van der Waals surface area contributed by atoms with Crippen LogP contribution >= 0.6 is 11.6 Å². The van der Waals surface area contributed by atoms with Crippen molar-refractivity contribution in [1.29, 1.82) is 0 Å². The predicted octanol–water partition coefficient (Wildman–Crippen LogP) is 5.92. The number of hydrogen-bond donors (Lipinski definition) is 3. The second-order valence-corrected chi connectivity index (χ2v) is 9.72. The molecule has 214 valence electrons. The van der Waals surface area contributed by atoms with Crippen molar-refractivity contribution in [1.82, 2.24) is 14.9 Å². The molecular weight excluding hydrogens is 551 g/mol. The predicted molar refractivity (Wildman–Crippen MR) is 157 cm³/mol. The highest BCUT2D eigenvalue weighted by Crippen LogP contribution is 2.35. The van der Waals surface area contributed by atoms with Crippen molar-refractivity contribution in [3.05, 3.63) is 71.8 Å². The molecule has 4 aromatic rings. The topological polar surface area (TPSA) is 110 Å². The van der Waals surface area contributed by atoms with Crippen LogP contribution in [0, 0.1) is 5.82 Å². The molecule has 1 aromatic heterocycles. The van der Waals surface area contributed by atoms with Gasteiger partial charge in [0.1, 0.15) is 18.0 Å². The number of benzene rings is 3. The molecule has 12 heteroatoms. The molecule has 0 spiro atoms. The number of hydrogen-bond acceptors (Lipinski definition) is 8. The summed E-state index contributed by atoms with van der Waals surface area (Å²) in [6, 6.07) is 14.3. The first kappa shape index (κ1) is 28.3. The van der Waals surface area contributed by atoms with Gasteiger partial charge in [0, 0.05) is 48.1 Å². The normalized spacial score (nSPS) is 13.5. The number of aromatic nitrogens is 2. The lowest BCUT2D eigenvalue weighted by Gasteiger charge is -2.26. The van der Waals surface area contributed by atoms with Crippen molar-refractivity contribution in [2.75, 3.05) is 62.5 Å². The molecule has 3 N–H and O–H groups in total. The van der Waals surface area contributed by atoms with E-state index in [4.69, 9.17) is 25.8 Å². The Bertz CT molecular complexity index is 1500. The van der Waals surface area contributed by atoms with Crippen molar-refractivity contribution in [2.24, 2.45) is 0 Å². The third-order valence-corrected chi connectivity index (χ3v) is 6.77. The Balaban J connectivity index is 1.22. The highest BCUT2D eigenvalue weighted by molar-refractivity contribution is 6.31. The number of methoxy groups -OCH3 is 1. The Kier molecular flexibility index (Phi) is 9.29. The average Bonchev–Trinajstić information content (AvgIpc) is 2.98. The number of urea groups is 1. The average molecular weight is 581 g/mol. The maximum Gasteiger partial charge on any atom is 0.323 e. The molecular formula is C29H30ClFN6O4. The van der Waals surface area contributed by atoms with Crippen LogP contribution in [0.2, 0.25) is 5.02 Å². The number of morpholine rings is 1. The van der Waals surface area contributed by atoms with E-state index in [9.17, 15) is 9.18 Å². The first-order valence-corrected chi connectivity index (χ1v) is 13.5. The summed E-state index contributed by atoms with van der Waals surface area (Å²) in [5, 5.41) is 9.36. The Morgan fingerprint density at radius 2 is 1.73 bits per heavy atom. The Morgan fingerprint density at radius 3 is 2.49 bits per heavy atom. The van der Waals surface area contributed by atoms with Crippen molar-refractivity contribution < 1.29 is 23.4 Å². The highest BCUT2D eigenvalue weighted by Gasteiger charge is 2.14. The van der Waals surface area contributed by atoms with Gasteiger partial charge in [-0.1, -0.05) is 11.6 Å². The third kappa shape index (κ3) is 7.51. The number of nitrogens with zero attached hydrogens (tertiary/aromatic N) is 3. The van der Waals surface area contributed by atoms with E-state index in [0.29, 0.717) is 40.8 Å². The fraction of sp³-hybridized carbons (Fsp3) is 0.276. The van der Waals surface area contributed by atoms with Crippen LogP contribution < -0.4 is 25.4 Å². The number of halogens is 2. The molecule has 1 saturated heterocycles. The molecule has 0 radical (unpaired) electrons. The molecule has 1 aliphatic heterocycles. The molecule has 1 fully saturated rings. The molecule has 0 saturated carbocycles. The van der Waals surface area contributed by atoms with Crippen molar-refractivity contribution in [3.63, 3.8) is 0 Å². The summed E-state index contributed by atoms with van der Waals surface area (Å²) in [7, 11) is 1.60. The second-order valence-electron chi connectivity index (χ2n) is 9.31. The Hall–Kier alpha value is -4.19. The van der Waals surface area contributed by atoms with E-state index < -0.39 is 11.8 Å². The molecule has 0 bridgehead atoms. The number of anilines is 4. The number of nitrogens with one attached hydrogen (secondary N) is 3. The molecule has 2 amide bonds. The van der Waals surface area contributed by atoms with Gasteiger partial charge in [0.05, 0.1) is 37.5 Å². The molecule has 5 rings (SSSR count). The van der Waals surface area contributed by atoms with E-state index in [-0.39, 0.29) is 5.02 Å². The monoisotopic (exact) mass is 580 g/mol. The smallest absolute Gasteiger partial charge is 0.323 e. The maximum atomic E-state index is 13.3. The van der Waals surface area contributed by atoms with Crippen LogP contribution in [-0.2, 0) is 4.74 Å². The van der Waals surface area contributed by atoms with E-state index in [1.165, 1.54) is 24.5 Å². The van der Waals surface area contributed by atoms with Gasteiger partial charge in [-0.15, -0.1) is 0 Å². The first-order chi connectivity index (χ1) is 20.0. The molecule has 3 aromatic carbocycles. The third-order valence-electron chi connectivity index (χ3n) is 6.48. The minimum atomic E-state index is -0.556. The second kappa shape index (κ2) is 13.4. The first-order valence-electron chi connectivity index (χ1n) is 13.1. The van der Waals surface area contributed by atoms with Crippen LogP contribution in [0.4, 0.5) is 32.1 Å². The summed E-state index contributed by atoms with van der Waals surface area (Å²) >= 11 is 5.78. The van der Waals surface area contributed by atoms with Crippen LogP contribution in [0.25, 0.3) is 10.9 Å². The van der Waals surface area contributed by atoms with Gasteiger partial charge in [-0.3, -0.25) is 4.90 Å². The van der Waals surface area contributed by atoms with Crippen LogP contribution in [0.5, 0.6) is 11.5 Å². The number of amides is 2. The number of carbonyl (C=O) groups excluding carboxylic acids is 1. The minimum Gasteiger partial charge on any atom is -0.493 e. The fourth-order valence-corrected chi connectivity index (χ4v) is 4.55. The van der Waals surface area contributed by atoms with E-state index in [1.54, 1.807) is 19.2 Å². The summed E-state index contributed by atoms with van der Waals surface area (Å²) < 4.78 is 30.4. The summed E-state index contributed by atoms with van der Waals surface area (Å²) in [6.45, 7) is 4.94. The lowest BCUT2D eigenvalue weighted by atomic mass is 10.2. The SMILES string of the molecule is COc1cc2ncnc(Nc3ccc(NC(=O)Nc4ccc(F)c(Cl)c4)cc3)c2cc1OCCCN1CCOCC1. The summed E-state index contributed by atoms with van der Waals surface area (Å²) in [6.07, 6.45) is 2.36. The molecule has 0 unspecified atom stereocenters. The lowest BCUT2D eigenvalue weighted by molar-refractivity contribution is 0.0357. The van der Waals surface area contributed by atoms with Crippen LogP contribution in [-0.4, -0.2) is 67.5 Å². The van der Waals surface area contributed by atoms with Crippen molar-refractivity contribution in [3.8, 4) is 11.5 Å². The van der Waals surface area contributed by atoms with Gasteiger partial charge in [0.25, 0.3) is 0 Å². The van der Waals surface area contributed by atoms with Crippen LogP contribution in [0.1, 0.15) is 6.42 Å². The molecule has 0 aliphatic carbocycles. The summed E-state index contributed by atoms with van der Waals surface area (Å²) in [4.78, 5) is 23.5. The summed E-state index contributed by atoms with van der Waals surface area (Å²) in [5.41, 5.74) is 2.40. The number of carbonyl (C=O) groups is 1. The maximum absolute atomic E-state index is 13.3. The lowest BCUT2D eigenvalue weighted by Crippen LogP contribution is -2.37. The van der Waals surface area contributed by atoms with Gasteiger partial charge >= 0.3 is 6.03 Å². The van der Waals surface area contributed by atoms with Gasteiger partial charge < -0.3 is 30.2 Å². The van der Waals surface area contributed by atoms with Gasteiger partial charge in [0.2, 0.25) is 0 Å². The molecule has 10 nitrogen and oxygen atoms in total. The van der Waals surface area contributed by atoms with E-state index in [0.717, 1.165) is 50.3 Å². The van der Waals surface area contributed by atoms with Gasteiger partial charge in [0.15, 0.2) is 11.5 Å². The van der Waals surface area contributed by atoms with E-state index >= 15 is 0 Å². The Morgan fingerprint density at radius 1 is 1.00 bits per heavy atom. The van der Waals surface area contributed by atoms with Gasteiger partial charge in [-0.05, 0) is 55.0 Å². The molecule has 0 atom stereocenters. The Labute approximate surface area is 241 Å². The van der Waals surface area contributed by atoms with Crippen LogP contribution in [0.3, 0.4) is 0 Å². The summed E-state index contributed by atoms with van der Waals surface area (Å²) in [5.74, 6) is 1.26. The zero-order valence-electron chi connectivity index (χ0n) is 22.5. The van der Waals surface area contributed by atoms with Gasteiger partial charge in [-0.25, -0.2) is 19.2 Å². The molecule has 2 heterocycles. The number of fused-ring (bicyclic) bond motifs is 1. The highest BCUT2D eigenvalue weighted by atomic mass is 35.5. The zero-order valence-corrected chi connectivity index (χ0v) is 23.2. The van der Waals surface area contributed by atoms with Gasteiger partial charge in [-0.2, -0.15) is 0 Å². The van der Waals surface area contributed by atoms with E-state index in [1.807, 2.05) is 24.3 Å². The molecule has 1 aliphatic rings. The fourth-order valence-electron chi connectivity index (χ4n) is 4.37. The van der Waals surface area contributed by atoms with E-state index in [2.05, 4.69) is 30.8 Å². The largest absolute Gasteiger partial charge is 0.493 e. The number of rotatable bonds is 10. The number of ether oxygens (including phenoxy) is 3. The quantitative estimate of drug-likeness (QED) is 0.198. The standard InChI is InChI=1S/C29H30ClFN6O4/c1-39-26-17-25-22(16-27(26)41-12-2-9-37-10-13-40-14-11-37)28(33-18-32-25)34-19-3-5-20(6-4-19)35-29(38)36-21-7-8-24(31)23(30)15-21/h3-8,15-18H,2,9-14H2,1H3,(H,32,33,34)(H2,35,36,38).